The first-order valence-electron chi connectivity index (χ1n) is 4.22. The molecule has 0 saturated heterocycles. The molecule has 1 unspecified atom stereocenters. The molecule has 1 N–H and O–H groups in total. The molecule has 0 bridgehead atoms. The van der Waals surface area contributed by atoms with Crippen LogP contribution in [-0.4, -0.2) is 10.1 Å². The number of thiazole rings is 1. The molecule has 0 amide bonds. The minimum Gasteiger partial charge on any atom is -0.381 e. The van der Waals surface area contributed by atoms with Crippen LogP contribution in [-0.2, 0) is 0 Å². The highest BCUT2D eigenvalue weighted by atomic mass is 79.9. The molecule has 0 spiro atoms. The first kappa shape index (κ1) is 11.1. The van der Waals surface area contributed by atoms with Crippen molar-refractivity contribution in [3.05, 3.63) is 49.8 Å². The van der Waals surface area contributed by atoms with Crippen molar-refractivity contribution in [2.24, 2.45) is 0 Å². The highest BCUT2D eigenvalue weighted by Crippen LogP contribution is 2.30. The Kier molecular flexibility index (Phi) is 3.41. The van der Waals surface area contributed by atoms with Gasteiger partial charge in [-0.3, -0.25) is 0 Å². The summed E-state index contributed by atoms with van der Waals surface area (Å²) >= 11 is 10.6. The summed E-state index contributed by atoms with van der Waals surface area (Å²) in [6.07, 6.45) is -0.755. The van der Waals surface area contributed by atoms with Crippen molar-refractivity contribution in [3.8, 4) is 0 Å². The summed E-state index contributed by atoms with van der Waals surface area (Å²) in [6, 6.07) is 7.22. The number of aliphatic hydroxyl groups is 1. The van der Waals surface area contributed by atoms with Gasteiger partial charge in [-0.05, 0) is 22.0 Å². The number of nitrogens with zero attached hydrogens (tertiary/aromatic N) is 1. The molecule has 1 heterocycles. The fourth-order valence-electron chi connectivity index (χ4n) is 1.22. The van der Waals surface area contributed by atoms with Crippen molar-refractivity contribution in [1.82, 2.24) is 4.98 Å². The summed E-state index contributed by atoms with van der Waals surface area (Å²) in [7, 11) is 0. The summed E-state index contributed by atoms with van der Waals surface area (Å²) in [5.74, 6) is 0. The van der Waals surface area contributed by atoms with Crippen molar-refractivity contribution in [2.45, 2.75) is 6.10 Å². The normalized spacial score (nSPS) is 12.7. The van der Waals surface area contributed by atoms with Gasteiger partial charge in [-0.15, -0.1) is 11.3 Å². The molecule has 2 rings (SSSR count). The van der Waals surface area contributed by atoms with Crippen LogP contribution in [0.25, 0.3) is 0 Å². The molecule has 5 heteroatoms. The third kappa shape index (κ3) is 2.39. The largest absolute Gasteiger partial charge is 0.381 e. The first-order chi connectivity index (χ1) is 7.18. The Morgan fingerprint density at radius 3 is 2.73 bits per heavy atom. The molecule has 15 heavy (non-hydrogen) atoms. The number of aliphatic hydroxyl groups excluding tert-OH is 1. The zero-order valence-electron chi connectivity index (χ0n) is 7.52. The lowest BCUT2D eigenvalue weighted by molar-refractivity contribution is 0.219. The van der Waals surface area contributed by atoms with Crippen LogP contribution in [0.4, 0.5) is 0 Å². The molecular weight excluding hydrogens is 298 g/mol. The van der Waals surface area contributed by atoms with Crippen LogP contribution in [0.3, 0.4) is 0 Å². The monoisotopic (exact) mass is 303 g/mol. The lowest BCUT2D eigenvalue weighted by atomic mass is 10.1. The summed E-state index contributed by atoms with van der Waals surface area (Å²) in [6.45, 7) is 0. The minimum absolute atomic E-state index is 0.552. The van der Waals surface area contributed by atoms with E-state index in [1.54, 1.807) is 12.1 Å². The van der Waals surface area contributed by atoms with E-state index in [0.29, 0.717) is 15.6 Å². The van der Waals surface area contributed by atoms with Crippen molar-refractivity contribution in [2.75, 3.05) is 0 Å². The third-order valence-electron chi connectivity index (χ3n) is 1.93. The summed E-state index contributed by atoms with van der Waals surface area (Å²) < 4.78 is 0.730. The van der Waals surface area contributed by atoms with Gasteiger partial charge in [-0.1, -0.05) is 29.8 Å². The number of hydrogen-bond acceptors (Lipinski definition) is 3. The zero-order chi connectivity index (χ0) is 10.8. The van der Waals surface area contributed by atoms with Crippen LogP contribution < -0.4 is 0 Å². The summed E-state index contributed by atoms with van der Waals surface area (Å²) in [5.41, 5.74) is 0.681. The van der Waals surface area contributed by atoms with Crippen molar-refractivity contribution >= 4 is 38.9 Å². The van der Waals surface area contributed by atoms with Crippen LogP contribution in [0.1, 0.15) is 16.7 Å². The predicted molar refractivity (Wildman–Crippen MR) is 65.3 cm³/mol. The topological polar surface area (TPSA) is 33.1 Å². The fourth-order valence-corrected chi connectivity index (χ4v) is 2.73. The number of hydrogen-bond donors (Lipinski definition) is 1. The Balaban J connectivity index is 2.36. The zero-order valence-corrected chi connectivity index (χ0v) is 10.7. The van der Waals surface area contributed by atoms with E-state index in [1.165, 1.54) is 11.3 Å². The Morgan fingerprint density at radius 2 is 2.13 bits per heavy atom. The maximum absolute atomic E-state index is 10.0. The standard InChI is InChI=1S/C10H7BrClNOS/c11-8-5-15-10(13-8)9(14)6-3-1-2-4-7(6)12/h1-5,9,14H. The maximum Gasteiger partial charge on any atom is 0.132 e. The second-order valence-electron chi connectivity index (χ2n) is 2.93. The van der Waals surface area contributed by atoms with Gasteiger partial charge in [0.2, 0.25) is 0 Å². The van der Waals surface area contributed by atoms with Crippen molar-refractivity contribution < 1.29 is 5.11 Å². The van der Waals surface area contributed by atoms with Gasteiger partial charge in [0.05, 0.1) is 0 Å². The molecule has 2 aromatic rings. The average Bonchev–Trinajstić information content (AvgIpc) is 2.65. The molecule has 0 saturated carbocycles. The van der Waals surface area contributed by atoms with Gasteiger partial charge in [0.15, 0.2) is 0 Å². The van der Waals surface area contributed by atoms with E-state index >= 15 is 0 Å². The Morgan fingerprint density at radius 1 is 1.40 bits per heavy atom. The average molecular weight is 305 g/mol. The van der Waals surface area contributed by atoms with Gasteiger partial charge in [0.1, 0.15) is 15.7 Å². The molecule has 78 valence electrons. The van der Waals surface area contributed by atoms with E-state index in [-0.39, 0.29) is 0 Å². The van der Waals surface area contributed by atoms with Crippen molar-refractivity contribution in [3.63, 3.8) is 0 Å². The van der Waals surface area contributed by atoms with E-state index in [2.05, 4.69) is 20.9 Å². The van der Waals surface area contributed by atoms with Crippen molar-refractivity contribution in [1.29, 1.82) is 0 Å². The van der Waals surface area contributed by atoms with Gasteiger partial charge >= 0.3 is 0 Å². The first-order valence-corrected chi connectivity index (χ1v) is 6.27. The number of benzene rings is 1. The molecule has 0 aliphatic rings. The van der Waals surface area contributed by atoms with E-state index in [4.69, 9.17) is 11.6 Å². The Hall–Kier alpha value is -0.420. The van der Waals surface area contributed by atoms with E-state index in [0.717, 1.165) is 4.60 Å². The smallest absolute Gasteiger partial charge is 0.132 e. The fraction of sp³-hybridized carbons (Fsp3) is 0.100. The predicted octanol–water partition coefficient (Wildman–Crippen LogP) is 3.64. The summed E-state index contributed by atoms with van der Waals surface area (Å²) in [5, 5.41) is 13.0. The third-order valence-corrected chi connectivity index (χ3v) is 3.88. The highest BCUT2D eigenvalue weighted by molar-refractivity contribution is 9.10. The molecule has 1 aromatic carbocycles. The Bertz CT molecular complexity index is 474. The number of halogens is 2. The van der Waals surface area contributed by atoms with Gasteiger partial charge in [0, 0.05) is 16.0 Å². The maximum atomic E-state index is 10.0. The lowest BCUT2D eigenvalue weighted by Crippen LogP contribution is -1.99. The van der Waals surface area contributed by atoms with Gasteiger partial charge in [-0.25, -0.2) is 4.98 Å². The number of rotatable bonds is 2. The minimum atomic E-state index is -0.755. The molecule has 1 aromatic heterocycles. The van der Waals surface area contributed by atoms with E-state index < -0.39 is 6.10 Å². The van der Waals surface area contributed by atoms with Crippen LogP contribution in [0.5, 0.6) is 0 Å². The molecule has 2 nitrogen and oxygen atoms in total. The highest BCUT2D eigenvalue weighted by Gasteiger charge is 2.16. The molecule has 1 atom stereocenters. The van der Waals surface area contributed by atoms with Gasteiger partial charge in [0.25, 0.3) is 0 Å². The molecule has 0 aliphatic carbocycles. The van der Waals surface area contributed by atoms with Gasteiger partial charge in [-0.2, -0.15) is 0 Å². The van der Waals surface area contributed by atoms with Gasteiger partial charge < -0.3 is 5.11 Å². The van der Waals surface area contributed by atoms with Crippen LogP contribution in [0.15, 0.2) is 34.2 Å². The molecule has 0 radical (unpaired) electrons. The molecular formula is C10H7BrClNOS. The second kappa shape index (κ2) is 4.61. The van der Waals surface area contributed by atoms with E-state index in [1.807, 2.05) is 17.5 Å². The SMILES string of the molecule is OC(c1nc(Br)cs1)c1ccccc1Cl. The van der Waals surface area contributed by atoms with E-state index in [9.17, 15) is 5.11 Å². The van der Waals surface area contributed by atoms with Crippen LogP contribution in [0, 0.1) is 0 Å². The molecule has 0 fully saturated rings. The second-order valence-corrected chi connectivity index (χ2v) is 5.04. The number of aromatic nitrogens is 1. The Labute approximate surface area is 105 Å². The molecule has 0 aliphatic heterocycles. The van der Waals surface area contributed by atoms with Crippen LogP contribution >= 0.6 is 38.9 Å². The quantitative estimate of drug-likeness (QED) is 0.919. The summed E-state index contributed by atoms with van der Waals surface area (Å²) in [4.78, 5) is 4.15. The lowest BCUT2D eigenvalue weighted by Gasteiger charge is -2.09. The van der Waals surface area contributed by atoms with Crippen LogP contribution in [0.2, 0.25) is 5.02 Å².